The molecule has 8 heteroatoms. The van der Waals surface area contributed by atoms with Gasteiger partial charge in [0.15, 0.2) is 11.5 Å². The Morgan fingerprint density at radius 2 is 1.77 bits per heavy atom. The number of methoxy groups -OCH3 is 1. The molecule has 2 fully saturated rings. The summed E-state index contributed by atoms with van der Waals surface area (Å²) in [6, 6.07) is 14.6. The number of amides is 2. The van der Waals surface area contributed by atoms with Crippen LogP contribution in [0.5, 0.6) is 11.5 Å². The maximum atomic E-state index is 13.4. The molecule has 4 rings (SSSR count). The largest absolute Gasteiger partial charge is 0.493 e. The Hall–Kier alpha value is -3.42. The molecular weight excluding hydrogens is 454 g/mol. The number of rotatable bonds is 9. The summed E-state index contributed by atoms with van der Waals surface area (Å²) in [4.78, 5) is 29.6. The lowest BCUT2D eigenvalue weighted by Crippen LogP contribution is -2.44. The van der Waals surface area contributed by atoms with Crippen LogP contribution in [0, 0.1) is 5.92 Å². The molecule has 1 saturated heterocycles. The molecule has 1 heterocycles. The second kappa shape index (κ2) is 11.3. The Bertz CT molecular complexity index is 1050. The van der Waals surface area contributed by atoms with Crippen LogP contribution in [0.4, 0.5) is 8.78 Å². The zero-order valence-corrected chi connectivity index (χ0v) is 19.7. The molecule has 0 unspecified atom stereocenters. The molecule has 6 nitrogen and oxygen atoms in total. The lowest BCUT2D eigenvalue weighted by atomic mass is 9.94. The molecule has 2 aromatic carbocycles. The van der Waals surface area contributed by atoms with E-state index in [-0.39, 0.29) is 35.3 Å². The third-order valence-corrected chi connectivity index (χ3v) is 6.44. The fourth-order valence-electron chi connectivity index (χ4n) is 4.39. The highest BCUT2D eigenvalue weighted by Crippen LogP contribution is 2.34. The fraction of sp³-hybridized carbons (Fsp3) is 0.407. The number of ether oxygens (including phenoxy) is 2. The zero-order chi connectivity index (χ0) is 24.8. The summed E-state index contributed by atoms with van der Waals surface area (Å²) in [5.41, 5.74) is 1.76. The molecule has 0 bridgehead atoms. The van der Waals surface area contributed by atoms with Crippen molar-refractivity contribution in [2.24, 2.45) is 5.92 Å². The van der Waals surface area contributed by atoms with E-state index in [9.17, 15) is 18.4 Å². The summed E-state index contributed by atoms with van der Waals surface area (Å²) in [5, 5.41) is 0. The normalized spacial score (nSPS) is 16.5. The molecule has 0 atom stereocenters. The van der Waals surface area contributed by atoms with Gasteiger partial charge < -0.3 is 19.3 Å². The van der Waals surface area contributed by atoms with Crippen LogP contribution in [0.1, 0.15) is 36.8 Å². The van der Waals surface area contributed by atoms with Crippen molar-refractivity contribution in [3.8, 4) is 11.5 Å². The molecule has 0 spiro atoms. The maximum Gasteiger partial charge on any atom is 0.387 e. The van der Waals surface area contributed by atoms with Gasteiger partial charge in [-0.05, 0) is 55.0 Å². The predicted octanol–water partition coefficient (Wildman–Crippen LogP) is 4.74. The Morgan fingerprint density at radius 1 is 1.06 bits per heavy atom. The maximum absolute atomic E-state index is 13.4. The lowest BCUT2D eigenvalue weighted by molar-refractivity contribution is -0.140. The Kier molecular flexibility index (Phi) is 8.00. The van der Waals surface area contributed by atoms with Gasteiger partial charge in [0.05, 0.1) is 7.11 Å². The molecule has 2 amide bonds. The quantitative estimate of drug-likeness (QED) is 0.483. The van der Waals surface area contributed by atoms with Crippen molar-refractivity contribution < 1.29 is 27.8 Å². The molecule has 2 aromatic rings. The van der Waals surface area contributed by atoms with E-state index in [1.165, 1.54) is 13.2 Å². The van der Waals surface area contributed by atoms with Gasteiger partial charge in [-0.15, -0.1) is 0 Å². The molecule has 1 aliphatic carbocycles. The number of alkyl halides is 2. The number of benzene rings is 2. The third kappa shape index (κ3) is 6.59. The van der Waals surface area contributed by atoms with Crippen molar-refractivity contribution in [2.75, 3.05) is 20.2 Å². The van der Waals surface area contributed by atoms with E-state index < -0.39 is 6.61 Å². The van der Waals surface area contributed by atoms with Gasteiger partial charge in [-0.3, -0.25) is 9.59 Å². The summed E-state index contributed by atoms with van der Waals surface area (Å²) in [6.07, 6.45) is 6.55. The van der Waals surface area contributed by atoms with E-state index in [1.54, 1.807) is 29.2 Å². The zero-order valence-electron chi connectivity index (χ0n) is 19.7. The molecule has 35 heavy (non-hydrogen) atoms. The average Bonchev–Trinajstić information content (AvgIpc) is 3.72. The van der Waals surface area contributed by atoms with Gasteiger partial charge in [0.2, 0.25) is 11.8 Å². The van der Waals surface area contributed by atoms with Crippen molar-refractivity contribution in [2.45, 2.75) is 44.9 Å². The van der Waals surface area contributed by atoms with E-state index in [2.05, 4.69) is 4.74 Å². The van der Waals surface area contributed by atoms with Gasteiger partial charge in [0, 0.05) is 37.7 Å². The highest BCUT2D eigenvalue weighted by Gasteiger charge is 2.37. The first-order valence-corrected chi connectivity index (χ1v) is 11.9. The number of carbonyl (C=O) groups excluding carboxylic acids is 2. The van der Waals surface area contributed by atoms with Crippen LogP contribution in [0.15, 0.2) is 54.6 Å². The molecule has 1 aliphatic heterocycles. The molecule has 0 radical (unpaired) electrons. The van der Waals surface area contributed by atoms with Crippen LogP contribution in [0.3, 0.4) is 0 Å². The Balaban J connectivity index is 1.35. The van der Waals surface area contributed by atoms with Crippen molar-refractivity contribution in [1.82, 2.24) is 9.80 Å². The van der Waals surface area contributed by atoms with Crippen LogP contribution < -0.4 is 9.47 Å². The van der Waals surface area contributed by atoms with Gasteiger partial charge in [0.1, 0.15) is 0 Å². The summed E-state index contributed by atoms with van der Waals surface area (Å²) < 4.78 is 34.9. The second-order valence-electron chi connectivity index (χ2n) is 8.90. The Labute approximate surface area is 204 Å². The SMILES string of the molecule is COc1cc(CN(C(=O)C2CCN(C(=O)/C=C/c3ccccc3)CC2)C2CC2)ccc1OC(F)F. The predicted molar refractivity (Wildman–Crippen MR) is 128 cm³/mol. The molecule has 0 aromatic heterocycles. The summed E-state index contributed by atoms with van der Waals surface area (Å²) in [7, 11) is 1.39. The monoisotopic (exact) mass is 484 g/mol. The number of halogens is 2. The van der Waals surface area contributed by atoms with Crippen LogP contribution >= 0.6 is 0 Å². The topological polar surface area (TPSA) is 59.1 Å². The Morgan fingerprint density at radius 3 is 2.40 bits per heavy atom. The minimum atomic E-state index is -2.94. The number of carbonyl (C=O) groups is 2. The van der Waals surface area contributed by atoms with Crippen molar-refractivity contribution in [3.63, 3.8) is 0 Å². The molecule has 2 aliphatic rings. The van der Waals surface area contributed by atoms with Gasteiger partial charge in [-0.1, -0.05) is 36.4 Å². The second-order valence-corrected chi connectivity index (χ2v) is 8.90. The van der Waals surface area contributed by atoms with Gasteiger partial charge in [0.25, 0.3) is 0 Å². The average molecular weight is 485 g/mol. The molecular formula is C27H30F2N2O4. The number of hydrogen-bond acceptors (Lipinski definition) is 4. The van der Waals surface area contributed by atoms with E-state index in [0.29, 0.717) is 32.5 Å². The molecule has 0 N–H and O–H groups in total. The van der Waals surface area contributed by atoms with Crippen molar-refractivity contribution in [3.05, 3.63) is 65.7 Å². The van der Waals surface area contributed by atoms with Crippen LogP contribution in [0.2, 0.25) is 0 Å². The number of nitrogens with zero attached hydrogens (tertiary/aromatic N) is 2. The van der Waals surface area contributed by atoms with Crippen LogP contribution in [-0.2, 0) is 16.1 Å². The van der Waals surface area contributed by atoms with Crippen molar-refractivity contribution in [1.29, 1.82) is 0 Å². The number of piperidine rings is 1. The first kappa shape index (κ1) is 24.7. The van der Waals surface area contributed by atoms with Crippen LogP contribution in [-0.4, -0.2) is 54.5 Å². The van der Waals surface area contributed by atoms with Gasteiger partial charge in [-0.25, -0.2) is 0 Å². The first-order valence-electron chi connectivity index (χ1n) is 11.9. The number of likely N-dealkylation sites (tertiary alicyclic amines) is 1. The van der Waals surface area contributed by atoms with E-state index in [4.69, 9.17) is 4.74 Å². The highest BCUT2D eigenvalue weighted by atomic mass is 19.3. The van der Waals surface area contributed by atoms with E-state index in [1.807, 2.05) is 35.2 Å². The summed E-state index contributed by atoms with van der Waals surface area (Å²) in [5.74, 6) is 0.0830. The van der Waals surface area contributed by atoms with Gasteiger partial charge in [-0.2, -0.15) is 8.78 Å². The number of hydrogen-bond donors (Lipinski definition) is 0. The minimum Gasteiger partial charge on any atom is -0.493 e. The van der Waals surface area contributed by atoms with Gasteiger partial charge >= 0.3 is 6.61 Å². The van der Waals surface area contributed by atoms with Crippen LogP contribution in [0.25, 0.3) is 6.08 Å². The fourth-order valence-corrected chi connectivity index (χ4v) is 4.39. The van der Waals surface area contributed by atoms with E-state index in [0.717, 1.165) is 24.0 Å². The standard InChI is InChI=1S/C27H30F2N2O4/c1-34-24-17-20(7-11-23(24)35-27(28)29)18-31(22-9-10-22)26(33)21-13-15-30(16-14-21)25(32)12-8-19-5-3-2-4-6-19/h2-8,11-12,17,21-22,27H,9-10,13-16,18H2,1H3/b12-8+. The lowest BCUT2D eigenvalue weighted by Gasteiger charge is -2.34. The summed E-state index contributed by atoms with van der Waals surface area (Å²) in [6.45, 7) is -1.47. The minimum absolute atomic E-state index is 0.0334. The summed E-state index contributed by atoms with van der Waals surface area (Å²) >= 11 is 0. The highest BCUT2D eigenvalue weighted by molar-refractivity contribution is 5.92. The first-order chi connectivity index (χ1) is 16.9. The van der Waals surface area contributed by atoms with Crippen molar-refractivity contribution >= 4 is 17.9 Å². The third-order valence-electron chi connectivity index (χ3n) is 6.44. The smallest absolute Gasteiger partial charge is 0.387 e. The van der Waals surface area contributed by atoms with E-state index >= 15 is 0 Å². The molecule has 186 valence electrons. The molecule has 1 saturated carbocycles.